The molecule has 7 nitrogen and oxygen atoms in total. The van der Waals surface area contributed by atoms with Crippen molar-refractivity contribution in [1.82, 2.24) is 10.3 Å². The van der Waals surface area contributed by atoms with Gasteiger partial charge in [-0.1, -0.05) is 35.6 Å². The highest BCUT2D eigenvalue weighted by molar-refractivity contribution is 6.30. The Morgan fingerprint density at radius 1 is 1.20 bits per heavy atom. The Hall–Kier alpha value is -3.08. The Bertz CT molecular complexity index is 869. The first-order chi connectivity index (χ1) is 11.9. The number of carboxylic acids is 1. The van der Waals surface area contributed by atoms with Crippen LogP contribution in [0.1, 0.15) is 27.2 Å². The molecule has 1 heterocycles. The number of pyridine rings is 1. The molecule has 8 heteroatoms. The molecule has 0 atom stereocenters. The Kier molecular flexibility index (Phi) is 5.95. The van der Waals surface area contributed by atoms with Crippen molar-refractivity contribution in [2.45, 2.75) is 6.61 Å². The second-order valence-corrected chi connectivity index (χ2v) is 5.23. The van der Waals surface area contributed by atoms with Crippen molar-refractivity contribution in [1.29, 1.82) is 0 Å². The van der Waals surface area contributed by atoms with Gasteiger partial charge in [-0.25, -0.2) is 4.98 Å². The summed E-state index contributed by atoms with van der Waals surface area (Å²) in [6.45, 7) is -0.675. The van der Waals surface area contributed by atoms with E-state index in [-0.39, 0.29) is 23.0 Å². The standard InChI is InChI=1S/C17H13ClN2O5/c18-16-12(6-5-10-1-3-11(9-21)4-2-10)7-13(22)15(20-16)17(25)19-8-14(23)24/h1-4,7,21-22H,8-9H2,(H,19,25)(H,23,24). The lowest BCUT2D eigenvalue weighted by atomic mass is 10.1. The molecule has 0 fully saturated rings. The molecule has 2 aromatic rings. The van der Waals surface area contributed by atoms with Crippen molar-refractivity contribution in [2.75, 3.05) is 6.54 Å². The number of carbonyl (C=O) groups excluding carboxylic acids is 1. The number of rotatable bonds is 4. The van der Waals surface area contributed by atoms with Crippen LogP contribution in [0.15, 0.2) is 30.3 Å². The van der Waals surface area contributed by atoms with Gasteiger partial charge in [0.05, 0.1) is 12.2 Å². The number of amides is 1. The van der Waals surface area contributed by atoms with Crippen LogP contribution >= 0.6 is 11.6 Å². The van der Waals surface area contributed by atoms with Crippen molar-refractivity contribution in [2.24, 2.45) is 0 Å². The van der Waals surface area contributed by atoms with Gasteiger partial charge in [0.25, 0.3) is 5.91 Å². The Labute approximate surface area is 147 Å². The number of nitrogens with one attached hydrogen (secondary N) is 1. The zero-order chi connectivity index (χ0) is 18.4. The summed E-state index contributed by atoms with van der Waals surface area (Å²) >= 11 is 5.97. The zero-order valence-corrected chi connectivity index (χ0v) is 13.5. The number of aromatic hydroxyl groups is 1. The fraction of sp³-hybridized carbons (Fsp3) is 0.118. The van der Waals surface area contributed by atoms with E-state index in [0.29, 0.717) is 5.56 Å². The summed E-state index contributed by atoms with van der Waals surface area (Å²) in [5.41, 5.74) is 1.24. The summed E-state index contributed by atoms with van der Waals surface area (Å²) in [7, 11) is 0. The minimum Gasteiger partial charge on any atom is -0.505 e. The van der Waals surface area contributed by atoms with Crippen molar-refractivity contribution in [3.05, 3.63) is 57.9 Å². The summed E-state index contributed by atoms with van der Waals surface area (Å²) in [5, 5.41) is 29.4. The van der Waals surface area contributed by atoms with E-state index in [1.54, 1.807) is 24.3 Å². The van der Waals surface area contributed by atoms with E-state index in [0.717, 1.165) is 5.56 Å². The molecule has 0 aliphatic rings. The number of hydrogen-bond acceptors (Lipinski definition) is 5. The highest BCUT2D eigenvalue weighted by Gasteiger charge is 2.16. The van der Waals surface area contributed by atoms with Gasteiger partial charge < -0.3 is 20.6 Å². The van der Waals surface area contributed by atoms with Crippen molar-refractivity contribution in [3.63, 3.8) is 0 Å². The molecular formula is C17H13ClN2O5. The number of halogens is 1. The van der Waals surface area contributed by atoms with Crippen LogP contribution < -0.4 is 5.32 Å². The second-order valence-electron chi connectivity index (χ2n) is 4.88. The number of aliphatic hydroxyl groups is 1. The van der Waals surface area contributed by atoms with E-state index < -0.39 is 24.2 Å². The lowest BCUT2D eigenvalue weighted by Crippen LogP contribution is -2.30. The normalized spacial score (nSPS) is 9.84. The maximum Gasteiger partial charge on any atom is 0.322 e. The van der Waals surface area contributed by atoms with Crippen molar-refractivity contribution >= 4 is 23.5 Å². The van der Waals surface area contributed by atoms with E-state index in [2.05, 4.69) is 22.1 Å². The van der Waals surface area contributed by atoms with Gasteiger partial charge in [-0.05, 0) is 17.7 Å². The molecule has 0 bridgehead atoms. The highest BCUT2D eigenvalue weighted by Crippen LogP contribution is 2.22. The number of aliphatic hydroxyl groups excluding tert-OH is 1. The van der Waals surface area contributed by atoms with E-state index >= 15 is 0 Å². The van der Waals surface area contributed by atoms with Gasteiger partial charge in [0.1, 0.15) is 17.4 Å². The van der Waals surface area contributed by atoms with Crippen LogP contribution in [0.4, 0.5) is 0 Å². The maximum atomic E-state index is 11.8. The largest absolute Gasteiger partial charge is 0.505 e. The van der Waals surface area contributed by atoms with Gasteiger partial charge in [0, 0.05) is 11.6 Å². The fourth-order valence-electron chi connectivity index (χ4n) is 1.81. The van der Waals surface area contributed by atoms with Crippen LogP contribution in [0.2, 0.25) is 5.15 Å². The van der Waals surface area contributed by atoms with Crippen molar-refractivity contribution in [3.8, 4) is 17.6 Å². The maximum absolute atomic E-state index is 11.8. The average molecular weight is 361 g/mol. The number of aliphatic carboxylic acids is 1. The van der Waals surface area contributed by atoms with Gasteiger partial charge >= 0.3 is 5.97 Å². The molecule has 2 rings (SSSR count). The number of hydrogen-bond donors (Lipinski definition) is 4. The third kappa shape index (κ3) is 4.94. The van der Waals surface area contributed by atoms with Crippen LogP contribution in [0, 0.1) is 11.8 Å². The molecule has 1 aromatic carbocycles. The summed E-state index contributed by atoms with van der Waals surface area (Å²) in [6.07, 6.45) is 0. The SMILES string of the molecule is O=C(O)CNC(=O)c1nc(Cl)c(C#Cc2ccc(CO)cc2)cc1O. The van der Waals surface area contributed by atoms with Gasteiger partial charge in [0.15, 0.2) is 5.69 Å². The first kappa shape index (κ1) is 18.3. The summed E-state index contributed by atoms with van der Waals surface area (Å²) in [4.78, 5) is 26.0. The monoisotopic (exact) mass is 360 g/mol. The van der Waals surface area contributed by atoms with Crippen LogP contribution in [0.3, 0.4) is 0 Å². The minimum absolute atomic E-state index is 0.0667. The molecule has 0 aliphatic heterocycles. The van der Waals surface area contributed by atoms with Gasteiger partial charge in [-0.2, -0.15) is 0 Å². The molecular weight excluding hydrogens is 348 g/mol. The minimum atomic E-state index is -1.23. The Morgan fingerprint density at radius 3 is 2.48 bits per heavy atom. The first-order valence-corrected chi connectivity index (χ1v) is 7.40. The second kappa shape index (κ2) is 8.15. The third-order valence-electron chi connectivity index (χ3n) is 3.05. The van der Waals surface area contributed by atoms with E-state index in [1.165, 1.54) is 6.07 Å². The molecule has 0 radical (unpaired) electrons. The molecule has 0 saturated carbocycles. The Balaban J connectivity index is 2.23. The number of carboxylic acid groups (broad SMARTS) is 1. The predicted octanol–water partition coefficient (Wildman–Crippen LogP) is 1.15. The third-order valence-corrected chi connectivity index (χ3v) is 3.34. The number of nitrogens with zero attached hydrogens (tertiary/aromatic N) is 1. The molecule has 4 N–H and O–H groups in total. The number of benzene rings is 1. The predicted molar refractivity (Wildman–Crippen MR) is 89.2 cm³/mol. The lowest BCUT2D eigenvalue weighted by Gasteiger charge is -2.05. The average Bonchev–Trinajstić information content (AvgIpc) is 2.60. The van der Waals surface area contributed by atoms with Gasteiger partial charge in [0.2, 0.25) is 0 Å². The first-order valence-electron chi connectivity index (χ1n) is 7.02. The van der Waals surface area contributed by atoms with Crippen LogP contribution in [0.5, 0.6) is 5.75 Å². The van der Waals surface area contributed by atoms with E-state index in [4.69, 9.17) is 21.8 Å². The van der Waals surface area contributed by atoms with Gasteiger partial charge in [-0.15, -0.1) is 0 Å². The van der Waals surface area contributed by atoms with Crippen LogP contribution in [0.25, 0.3) is 0 Å². The van der Waals surface area contributed by atoms with E-state index in [1.807, 2.05) is 0 Å². The summed E-state index contributed by atoms with van der Waals surface area (Å²) < 4.78 is 0. The number of aromatic nitrogens is 1. The topological polar surface area (TPSA) is 120 Å². The van der Waals surface area contributed by atoms with E-state index in [9.17, 15) is 14.7 Å². The lowest BCUT2D eigenvalue weighted by molar-refractivity contribution is -0.135. The highest BCUT2D eigenvalue weighted by atomic mass is 35.5. The Morgan fingerprint density at radius 2 is 1.88 bits per heavy atom. The van der Waals surface area contributed by atoms with Gasteiger partial charge in [-0.3, -0.25) is 9.59 Å². The quantitative estimate of drug-likeness (QED) is 0.479. The molecule has 128 valence electrons. The summed E-state index contributed by atoms with van der Waals surface area (Å²) in [5.74, 6) is 3.00. The molecule has 25 heavy (non-hydrogen) atoms. The van der Waals surface area contributed by atoms with Crippen molar-refractivity contribution < 1.29 is 24.9 Å². The molecule has 0 unspecified atom stereocenters. The molecule has 0 spiro atoms. The molecule has 1 amide bonds. The zero-order valence-electron chi connectivity index (χ0n) is 12.8. The number of carbonyl (C=O) groups is 2. The smallest absolute Gasteiger partial charge is 0.322 e. The molecule has 0 saturated heterocycles. The summed E-state index contributed by atoms with van der Waals surface area (Å²) in [6, 6.07) is 8.05. The van der Waals surface area contributed by atoms with Crippen LogP contribution in [-0.2, 0) is 11.4 Å². The molecule has 0 aliphatic carbocycles. The van der Waals surface area contributed by atoms with Crippen LogP contribution in [-0.4, -0.2) is 38.7 Å². The fourth-order valence-corrected chi connectivity index (χ4v) is 1.99. The molecule has 1 aromatic heterocycles.